The first-order valence-corrected chi connectivity index (χ1v) is 7.16. The quantitative estimate of drug-likeness (QED) is 0.500. The van der Waals surface area contributed by atoms with Crippen molar-refractivity contribution in [2.75, 3.05) is 17.2 Å². The predicted octanol–water partition coefficient (Wildman–Crippen LogP) is 1.80. The molecule has 102 valence electrons. The largest absolute Gasteiger partial charge is 0.399 e. The number of nitrogens with zero attached hydrogens (tertiary/aromatic N) is 1. The molecule has 1 aromatic rings. The molecule has 1 aliphatic rings. The van der Waals surface area contributed by atoms with E-state index in [0.29, 0.717) is 5.69 Å². The normalized spacial score (nSPS) is 16.0. The van der Waals surface area contributed by atoms with E-state index in [1.54, 1.807) is 0 Å². The minimum absolute atomic E-state index is 0.0308. The number of carbonyl (C=O) groups is 1. The summed E-state index contributed by atoms with van der Waals surface area (Å²) < 4.78 is 0. The maximum absolute atomic E-state index is 12.1. The molecule has 0 spiro atoms. The van der Waals surface area contributed by atoms with Gasteiger partial charge in [0.15, 0.2) is 0 Å². The zero-order valence-electron chi connectivity index (χ0n) is 10.3. The number of nitrogens with one attached hydrogen (secondary N) is 1. The maximum atomic E-state index is 12.1. The third kappa shape index (κ3) is 3.37. The smallest absolute Gasteiger partial charge is 0.282 e. The number of hydrogen-bond donors (Lipinski definition) is 2. The van der Waals surface area contributed by atoms with Crippen LogP contribution >= 0.6 is 11.8 Å². The second kappa shape index (κ2) is 5.92. The molecule has 1 fully saturated rings. The van der Waals surface area contributed by atoms with E-state index in [2.05, 4.69) is 5.32 Å². The Morgan fingerprint density at radius 1 is 1.42 bits per heavy atom. The molecule has 0 saturated carbocycles. The zero-order chi connectivity index (χ0) is 13.8. The molecule has 1 aliphatic heterocycles. The number of benzene rings is 1. The molecule has 19 heavy (non-hydrogen) atoms. The number of nitrogens with two attached hydrogens (primary N) is 1. The van der Waals surface area contributed by atoms with Gasteiger partial charge < -0.3 is 11.1 Å². The number of nitrogen functional groups attached to an aromatic ring is 1. The first-order valence-electron chi connectivity index (χ1n) is 6.00. The van der Waals surface area contributed by atoms with Crippen molar-refractivity contribution in [2.45, 2.75) is 18.9 Å². The Hall–Kier alpha value is -1.76. The molecule has 6 nitrogen and oxygen atoms in total. The fraction of sp³-hybridized carbons (Fsp3) is 0.417. The number of nitro groups is 1. The van der Waals surface area contributed by atoms with Crippen molar-refractivity contribution in [1.29, 1.82) is 0 Å². The Kier molecular flexibility index (Phi) is 4.26. The van der Waals surface area contributed by atoms with Crippen LogP contribution in [-0.4, -0.2) is 28.4 Å². The van der Waals surface area contributed by atoms with Gasteiger partial charge in [0.1, 0.15) is 5.56 Å². The second-order valence-corrected chi connectivity index (χ2v) is 5.62. The summed E-state index contributed by atoms with van der Waals surface area (Å²) in [5.74, 6) is 1.59. The van der Waals surface area contributed by atoms with Crippen LogP contribution in [0.2, 0.25) is 0 Å². The van der Waals surface area contributed by atoms with Gasteiger partial charge in [-0.15, -0.1) is 0 Å². The summed E-state index contributed by atoms with van der Waals surface area (Å²) in [7, 11) is 0. The topological polar surface area (TPSA) is 98.3 Å². The monoisotopic (exact) mass is 281 g/mol. The molecule has 1 aromatic carbocycles. The van der Waals surface area contributed by atoms with Gasteiger partial charge in [0.2, 0.25) is 0 Å². The standard InChI is InChI=1S/C12H15N3O3S/c13-8-1-2-11(15(17)18)10(7-8)12(16)14-9-3-5-19-6-4-9/h1-2,7,9H,3-6,13H2,(H,14,16). The number of anilines is 1. The Morgan fingerprint density at radius 2 is 2.11 bits per heavy atom. The average molecular weight is 281 g/mol. The molecule has 0 atom stereocenters. The van der Waals surface area contributed by atoms with E-state index < -0.39 is 10.8 Å². The number of amides is 1. The molecule has 0 aliphatic carbocycles. The van der Waals surface area contributed by atoms with Gasteiger partial charge in [0, 0.05) is 17.8 Å². The van der Waals surface area contributed by atoms with Crippen molar-refractivity contribution in [3.8, 4) is 0 Å². The summed E-state index contributed by atoms with van der Waals surface area (Å²) in [4.78, 5) is 22.5. The summed E-state index contributed by atoms with van der Waals surface area (Å²) in [6.07, 6.45) is 1.79. The fourth-order valence-electron chi connectivity index (χ4n) is 2.00. The van der Waals surface area contributed by atoms with Crippen LogP contribution in [0, 0.1) is 10.1 Å². The molecule has 0 aromatic heterocycles. The third-order valence-electron chi connectivity index (χ3n) is 3.02. The van der Waals surface area contributed by atoms with Crippen LogP contribution in [0.3, 0.4) is 0 Å². The molecule has 3 N–H and O–H groups in total. The lowest BCUT2D eigenvalue weighted by Gasteiger charge is -2.22. The number of carbonyl (C=O) groups excluding carboxylic acids is 1. The highest BCUT2D eigenvalue weighted by atomic mass is 32.2. The number of thioether (sulfide) groups is 1. The van der Waals surface area contributed by atoms with E-state index in [1.165, 1.54) is 18.2 Å². The average Bonchev–Trinajstić information content (AvgIpc) is 2.39. The van der Waals surface area contributed by atoms with Gasteiger partial charge in [-0.05, 0) is 36.5 Å². The van der Waals surface area contributed by atoms with Crippen LogP contribution in [0.15, 0.2) is 18.2 Å². The van der Waals surface area contributed by atoms with Gasteiger partial charge in [-0.3, -0.25) is 14.9 Å². The van der Waals surface area contributed by atoms with Crippen molar-refractivity contribution in [2.24, 2.45) is 0 Å². The summed E-state index contributed by atoms with van der Waals surface area (Å²) >= 11 is 1.85. The minimum Gasteiger partial charge on any atom is -0.399 e. The third-order valence-corrected chi connectivity index (χ3v) is 4.07. The number of nitro benzene ring substituents is 1. The fourth-order valence-corrected chi connectivity index (χ4v) is 3.11. The molecule has 7 heteroatoms. The maximum Gasteiger partial charge on any atom is 0.282 e. The van der Waals surface area contributed by atoms with Crippen molar-refractivity contribution in [1.82, 2.24) is 5.32 Å². The molecule has 0 unspecified atom stereocenters. The van der Waals surface area contributed by atoms with Crippen LogP contribution in [-0.2, 0) is 0 Å². The lowest BCUT2D eigenvalue weighted by molar-refractivity contribution is -0.385. The van der Waals surface area contributed by atoms with Crippen molar-refractivity contribution >= 4 is 29.0 Å². The van der Waals surface area contributed by atoms with Crippen LogP contribution in [0.25, 0.3) is 0 Å². The molecule has 1 saturated heterocycles. The summed E-state index contributed by atoms with van der Waals surface area (Å²) in [6, 6.07) is 4.13. The zero-order valence-corrected chi connectivity index (χ0v) is 11.1. The molecular formula is C12H15N3O3S. The molecule has 0 bridgehead atoms. The minimum atomic E-state index is -0.564. The van der Waals surface area contributed by atoms with Crippen LogP contribution in [0.1, 0.15) is 23.2 Å². The van der Waals surface area contributed by atoms with E-state index in [4.69, 9.17) is 5.73 Å². The van der Waals surface area contributed by atoms with Crippen molar-refractivity contribution in [3.05, 3.63) is 33.9 Å². The van der Waals surface area contributed by atoms with E-state index in [1.807, 2.05) is 11.8 Å². The highest BCUT2D eigenvalue weighted by Crippen LogP contribution is 2.22. The van der Waals surface area contributed by atoms with E-state index in [-0.39, 0.29) is 17.3 Å². The molecular weight excluding hydrogens is 266 g/mol. The van der Waals surface area contributed by atoms with Crippen molar-refractivity contribution in [3.63, 3.8) is 0 Å². The van der Waals surface area contributed by atoms with Gasteiger partial charge in [-0.1, -0.05) is 0 Å². The highest BCUT2D eigenvalue weighted by molar-refractivity contribution is 7.99. The highest BCUT2D eigenvalue weighted by Gasteiger charge is 2.23. The SMILES string of the molecule is Nc1ccc([N+](=O)[O-])c(C(=O)NC2CCSCC2)c1. The number of rotatable bonds is 3. The lowest BCUT2D eigenvalue weighted by Crippen LogP contribution is -2.37. The molecule has 1 amide bonds. The van der Waals surface area contributed by atoms with E-state index >= 15 is 0 Å². The first kappa shape index (κ1) is 13.7. The van der Waals surface area contributed by atoms with Crippen molar-refractivity contribution < 1.29 is 9.72 Å². The van der Waals surface area contributed by atoms with E-state index in [9.17, 15) is 14.9 Å². The first-order chi connectivity index (χ1) is 9.08. The summed E-state index contributed by atoms with van der Waals surface area (Å²) in [6.45, 7) is 0. The summed E-state index contributed by atoms with van der Waals surface area (Å²) in [5.41, 5.74) is 5.75. The Balaban J connectivity index is 2.17. The van der Waals surface area contributed by atoms with E-state index in [0.717, 1.165) is 24.3 Å². The van der Waals surface area contributed by atoms with Gasteiger partial charge in [0.25, 0.3) is 11.6 Å². The van der Waals surface area contributed by atoms with Gasteiger partial charge in [0.05, 0.1) is 4.92 Å². The van der Waals surface area contributed by atoms with Crippen LogP contribution < -0.4 is 11.1 Å². The van der Waals surface area contributed by atoms with Gasteiger partial charge in [-0.2, -0.15) is 11.8 Å². The second-order valence-electron chi connectivity index (χ2n) is 4.39. The Morgan fingerprint density at radius 3 is 2.74 bits per heavy atom. The molecule has 0 radical (unpaired) electrons. The van der Waals surface area contributed by atoms with Crippen LogP contribution in [0.5, 0.6) is 0 Å². The lowest BCUT2D eigenvalue weighted by atomic mass is 10.1. The summed E-state index contributed by atoms with van der Waals surface area (Å²) in [5, 5.41) is 13.8. The molecule has 1 heterocycles. The molecule has 2 rings (SSSR count). The van der Waals surface area contributed by atoms with Crippen LogP contribution in [0.4, 0.5) is 11.4 Å². The van der Waals surface area contributed by atoms with Gasteiger partial charge >= 0.3 is 0 Å². The predicted molar refractivity (Wildman–Crippen MR) is 75.3 cm³/mol. The Bertz CT molecular complexity index is 501. The number of hydrogen-bond acceptors (Lipinski definition) is 5. The Labute approximate surface area is 114 Å². The van der Waals surface area contributed by atoms with Gasteiger partial charge in [-0.25, -0.2) is 0 Å².